The van der Waals surface area contributed by atoms with Crippen molar-refractivity contribution in [1.29, 1.82) is 0 Å². The van der Waals surface area contributed by atoms with Crippen LogP contribution in [0.2, 0.25) is 0 Å². The summed E-state index contributed by atoms with van der Waals surface area (Å²) in [5.41, 5.74) is 0.983. The van der Waals surface area contributed by atoms with Crippen molar-refractivity contribution in [3.8, 4) is 0 Å². The summed E-state index contributed by atoms with van der Waals surface area (Å²) in [5.74, 6) is -1.30. The lowest BCUT2D eigenvalue weighted by atomic mass is 9.85. The van der Waals surface area contributed by atoms with Crippen molar-refractivity contribution in [2.75, 3.05) is 7.05 Å². The molecule has 3 nitrogen and oxygen atoms in total. The zero-order chi connectivity index (χ0) is 16.2. The molecule has 1 aliphatic carbocycles. The third-order valence-corrected chi connectivity index (χ3v) is 4.07. The number of hydrogen-bond donors (Lipinski definition) is 1. The van der Waals surface area contributed by atoms with Gasteiger partial charge in [-0.1, -0.05) is 36.8 Å². The predicted octanol–water partition coefficient (Wildman–Crippen LogP) is 3.95. The molecule has 1 aliphatic rings. The van der Waals surface area contributed by atoms with Crippen molar-refractivity contribution in [3.05, 3.63) is 35.9 Å². The molecular weight excluding hydrogens is 293 g/mol. The van der Waals surface area contributed by atoms with E-state index in [4.69, 9.17) is 0 Å². The van der Waals surface area contributed by atoms with E-state index in [2.05, 4.69) is 5.32 Å². The second-order valence-electron chi connectivity index (χ2n) is 5.89. The Morgan fingerprint density at radius 1 is 1.27 bits per heavy atom. The molecule has 2 atom stereocenters. The number of benzene rings is 1. The Labute approximate surface area is 128 Å². The second kappa shape index (κ2) is 7.03. The molecule has 0 saturated heterocycles. The molecule has 0 radical (unpaired) electrons. The highest BCUT2D eigenvalue weighted by atomic mass is 19.4. The largest absolute Gasteiger partial charge is 0.391 e. The minimum atomic E-state index is -4.17. The number of amides is 2. The van der Waals surface area contributed by atoms with Gasteiger partial charge in [0.1, 0.15) is 0 Å². The number of carbonyl (C=O) groups excluding carboxylic acids is 1. The molecule has 1 N–H and O–H groups in total. The first-order valence-electron chi connectivity index (χ1n) is 7.48. The van der Waals surface area contributed by atoms with Crippen LogP contribution in [0.3, 0.4) is 0 Å². The van der Waals surface area contributed by atoms with Gasteiger partial charge in [-0.05, 0) is 24.8 Å². The summed E-state index contributed by atoms with van der Waals surface area (Å²) in [4.78, 5) is 13.6. The van der Waals surface area contributed by atoms with Gasteiger partial charge >= 0.3 is 12.2 Å². The molecule has 1 fully saturated rings. The normalized spacial score (nSPS) is 22.2. The molecular formula is C16H21F3N2O. The van der Waals surface area contributed by atoms with Crippen LogP contribution in [0.4, 0.5) is 18.0 Å². The monoisotopic (exact) mass is 314 g/mol. The van der Waals surface area contributed by atoms with E-state index in [9.17, 15) is 18.0 Å². The van der Waals surface area contributed by atoms with Crippen LogP contribution in [0.5, 0.6) is 0 Å². The molecule has 0 spiro atoms. The minimum Gasteiger partial charge on any atom is -0.335 e. The summed E-state index contributed by atoms with van der Waals surface area (Å²) in [7, 11) is 1.65. The highest BCUT2D eigenvalue weighted by Crippen LogP contribution is 2.37. The number of carbonyl (C=O) groups is 1. The Morgan fingerprint density at radius 2 is 1.95 bits per heavy atom. The fraction of sp³-hybridized carbons (Fsp3) is 0.562. The number of alkyl halides is 3. The molecule has 2 rings (SSSR count). The van der Waals surface area contributed by atoms with Crippen LogP contribution >= 0.6 is 0 Å². The summed E-state index contributed by atoms with van der Waals surface area (Å²) >= 11 is 0. The van der Waals surface area contributed by atoms with Crippen LogP contribution in [-0.4, -0.2) is 30.2 Å². The highest BCUT2D eigenvalue weighted by Gasteiger charge is 2.42. The van der Waals surface area contributed by atoms with Gasteiger partial charge in [-0.15, -0.1) is 0 Å². The standard InChI is InChI=1S/C16H21F3N2O/c1-21(11-12-6-3-2-4-7-12)15(22)20-14-9-5-8-13(10-14)16(17,18)19/h2-4,6-7,13-14H,5,8-11H2,1H3,(H,20,22)/t13-,14+/m1/s1. The van der Waals surface area contributed by atoms with Crippen molar-refractivity contribution in [2.24, 2.45) is 5.92 Å². The van der Waals surface area contributed by atoms with Gasteiger partial charge in [0.2, 0.25) is 0 Å². The maximum absolute atomic E-state index is 12.8. The van der Waals surface area contributed by atoms with E-state index in [1.165, 1.54) is 4.90 Å². The van der Waals surface area contributed by atoms with Crippen LogP contribution in [0.25, 0.3) is 0 Å². The Kier molecular flexibility index (Phi) is 5.32. The lowest BCUT2D eigenvalue weighted by Gasteiger charge is -2.32. The molecule has 0 aromatic heterocycles. The fourth-order valence-corrected chi connectivity index (χ4v) is 2.83. The van der Waals surface area contributed by atoms with Crippen LogP contribution < -0.4 is 5.32 Å². The van der Waals surface area contributed by atoms with E-state index in [0.29, 0.717) is 19.4 Å². The molecule has 122 valence electrons. The topological polar surface area (TPSA) is 32.3 Å². The maximum atomic E-state index is 12.8. The van der Waals surface area contributed by atoms with Gasteiger partial charge in [0.05, 0.1) is 5.92 Å². The van der Waals surface area contributed by atoms with Crippen molar-refractivity contribution in [3.63, 3.8) is 0 Å². The van der Waals surface area contributed by atoms with Crippen molar-refractivity contribution >= 4 is 6.03 Å². The van der Waals surface area contributed by atoms with E-state index in [1.807, 2.05) is 30.3 Å². The number of urea groups is 1. The van der Waals surface area contributed by atoms with Gasteiger partial charge in [0, 0.05) is 19.6 Å². The molecule has 0 unspecified atom stereocenters. The summed E-state index contributed by atoms with van der Waals surface area (Å²) in [6, 6.07) is 8.76. The van der Waals surface area contributed by atoms with E-state index in [-0.39, 0.29) is 18.9 Å². The van der Waals surface area contributed by atoms with E-state index in [1.54, 1.807) is 7.05 Å². The lowest BCUT2D eigenvalue weighted by molar-refractivity contribution is -0.183. The van der Waals surface area contributed by atoms with Crippen molar-refractivity contribution < 1.29 is 18.0 Å². The average molecular weight is 314 g/mol. The summed E-state index contributed by atoms with van der Waals surface area (Å²) < 4.78 is 38.3. The smallest absolute Gasteiger partial charge is 0.335 e. The van der Waals surface area contributed by atoms with Gasteiger partial charge in [-0.2, -0.15) is 13.2 Å². The zero-order valence-electron chi connectivity index (χ0n) is 12.6. The van der Waals surface area contributed by atoms with Crippen molar-refractivity contribution in [1.82, 2.24) is 10.2 Å². The molecule has 0 bridgehead atoms. The number of halogens is 3. The lowest BCUT2D eigenvalue weighted by Crippen LogP contribution is -2.46. The van der Waals surface area contributed by atoms with Crippen LogP contribution in [-0.2, 0) is 6.54 Å². The number of rotatable bonds is 3. The molecule has 2 amide bonds. The van der Waals surface area contributed by atoms with E-state index < -0.39 is 18.1 Å². The van der Waals surface area contributed by atoms with Crippen LogP contribution in [0, 0.1) is 5.92 Å². The molecule has 6 heteroatoms. The Hall–Kier alpha value is -1.72. The molecule has 1 aromatic rings. The quantitative estimate of drug-likeness (QED) is 0.900. The first kappa shape index (κ1) is 16.6. The Balaban J connectivity index is 1.86. The van der Waals surface area contributed by atoms with E-state index in [0.717, 1.165) is 5.56 Å². The van der Waals surface area contributed by atoms with Crippen LogP contribution in [0.15, 0.2) is 30.3 Å². The maximum Gasteiger partial charge on any atom is 0.391 e. The number of hydrogen-bond acceptors (Lipinski definition) is 1. The van der Waals surface area contributed by atoms with Crippen molar-refractivity contribution in [2.45, 2.75) is 44.4 Å². The van der Waals surface area contributed by atoms with Gasteiger partial charge < -0.3 is 10.2 Å². The third kappa shape index (κ3) is 4.64. The van der Waals surface area contributed by atoms with Gasteiger partial charge in [-0.3, -0.25) is 0 Å². The highest BCUT2D eigenvalue weighted by molar-refractivity contribution is 5.74. The van der Waals surface area contributed by atoms with Gasteiger partial charge in [0.25, 0.3) is 0 Å². The average Bonchev–Trinajstić information content (AvgIpc) is 2.47. The molecule has 0 aliphatic heterocycles. The molecule has 0 heterocycles. The molecule has 1 aromatic carbocycles. The predicted molar refractivity (Wildman–Crippen MR) is 78.2 cm³/mol. The second-order valence-corrected chi connectivity index (χ2v) is 5.89. The van der Waals surface area contributed by atoms with Gasteiger partial charge in [-0.25, -0.2) is 4.79 Å². The van der Waals surface area contributed by atoms with E-state index >= 15 is 0 Å². The summed E-state index contributed by atoms with van der Waals surface area (Å²) in [6.07, 6.45) is -2.92. The number of nitrogens with zero attached hydrogens (tertiary/aromatic N) is 1. The molecule has 22 heavy (non-hydrogen) atoms. The molecule has 1 saturated carbocycles. The van der Waals surface area contributed by atoms with Gasteiger partial charge in [0.15, 0.2) is 0 Å². The minimum absolute atomic E-state index is 0.0194. The Bertz CT molecular complexity index is 490. The first-order chi connectivity index (χ1) is 10.4. The Morgan fingerprint density at radius 3 is 2.59 bits per heavy atom. The zero-order valence-corrected chi connectivity index (χ0v) is 12.6. The first-order valence-corrected chi connectivity index (χ1v) is 7.48. The third-order valence-electron chi connectivity index (χ3n) is 4.07. The summed E-state index contributed by atoms with van der Waals surface area (Å²) in [5, 5.41) is 2.73. The summed E-state index contributed by atoms with van der Waals surface area (Å²) in [6.45, 7) is 0.433. The SMILES string of the molecule is CN(Cc1ccccc1)C(=O)N[C@H]1CCC[C@@H](C(F)(F)F)C1. The van der Waals surface area contributed by atoms with Crippen LogP contribution in [0.1, 0.15) is 31.2 Å². The fourth-order valence-electron chi connectivity index (χ4n) is 2.83. The number of nitrogens with one attached hydrogen (secondary N) is 1.